The van der Waals surface area contributed by atoms with Gasteiger partial charge in [-0.3, -0.25) is 4.57 Å². The molecule has 0 aliphatic carbocycles. The van der Waals surface area contributed by atoms with Crippen LogP contribution in [0.3, 0.4) is 0 Å². The summed E-state index contributed by atoms with van der Waals surface area (Å²) in [6, 6.07) is 60.0. The topological polar surface area (TPSA) is 43.6 Å². The quantitative estimate of drug-likeness (QED) is 0.166. The molecule has 0 aliphatic heterocycles. The minimum atomic E-state index is -0.332. The lowest BCUT2D eigenvalue weighted by Crippen LogP contribution is -2.07. The van der Waals surface area contributed by atoms with Gasteiger partial charge in [-0.2, -0.15) is 9.97 Å². The van der Waals surface area contributed by atoms with Gasteiger partial charge in [0.1, 0.15) is 0 Å². The third kappa shape index (κ3) is 6.06. The number of fused-ring (bicyclic) bond motifs is 3. The van der Waals surface area contributed by atoms with E-state index >= 15 is 0 Å². The molecule has 0 N–H and O–H groups in total. The van der Waals surface area contributed by atoms with Gasteiger partial charge in [0.15, 0.2) is 11.6 Å². The Bertz CT molecular complexity index is 3170. The van der Waals surface area contributed by atoms with Gasteiger partial charge in [0, 0.05) is 27.5 Å². The third-order valence-electron chi connectivity index (χ3n) is 10.0. The largest absolute Gasteiger partial charge is 0.277 e. The van der Waals surface area contributed by atoms with Crippen molar-refractivity contribution < 1.29 is 5.48 Å². The van der Waals surface area contributed by atoms with Crippen LogP contribution in [0.15, 0.2) is 206 Å². The van der Waals surface area contributed by atoms with Crippen molar-refractivity contribution in [3.05, 3.63) is 206 Å². The molecule has 0 atom stereocenters. The first-order chi connectivity index (χ1) is 28.9. The van der Waals surface area contributed by atoms with Crippen LogP contribution < -0.4 is 0 Å². The fourth-order valence-corrected chi connectivity index (χ4v) is 7.31. The summed E-state index contributed by atoms with van der Waals surface area (Å²) in [5, 5.41) is 1.06. The van der Waals surface area contributed by atoms with E-state index in [1.807, 2.05) is 97.1 Å². The van der Waals surface area contributed by atoms with Gasteiger partial charge in [0.25, 0.3) is 0 Å². The van der Waals surface area contributed by atoms with Gasteiger partial charge in [-0.15, -0.1) is 0 Å². The fourth-order valence-electron chi connectivity index (χ4n) is 7.31. The van der Waals surface area contributed by atoms with Gasteiger partial charge >= 0.3 is 0 Å². The summed E-state index contributed by atoms with van der Waals surface area (Å²) in [6.07, 6.45) is 0. The van der Waals surface area contributed by atoms with E-state index < -0.39 is 0 Å². The lowest BCUT2D eigenvalue weighted by atomic mass is 9.98. The molecule has 4 nitrogen and oxygen atoms in total. The van der Waals surface area contributed by atoms with Gasteiger partial charge in [-0.25, -0.2) is 4.98 Å². The second kappa shape index (κ2) is 13.8. The highest BCUT2D eigenvalue weighted by Crippen LogP contribution is 2.39. The van der Waals surface area contributed by atoms with Crippen LogP contribution in [0.5, 0.6) is 0 Å². The number of aromatic nitrogens is 4. The van der Waals surface area contributed by atoms with Crippen LogP contribution in [-0.4, -0.2) is 19.5 Å². The zero-order chi connectivity index (χ0) is 40.0. The Hall–Kier alpha value is -7.43. The van der Waals surface area contributed by atoms with Crippen molar-refractivity contribution in [1.82, 2.24) is 19.5 Å². The molecule has 55 heavy (non-hydrogen) atoms. The maximum atomic E-state index is 9.33. The van der Waals surface area contributed by atoms with E-state index in [9.17, 15) is 2.74 Å². The lowest BCUT2D eigenvalue weighted by molar-refractivity contribution is 0.954. The first-order valence-electron chi connectivity index (χ1n) is 20.2. The Labute approximate surface area is 325 Å². The van der Waals surface area contributed by atoms with Crippen LogP contribution in [0.25, 0.3) is 95.0 Å². The van der Waals surface area contributed by atoms with Crippen LogP contribution in [0.1, 0.15) is 5.48 Å². The van der Waals surface area contributed by atoms with E-state index in [-0.39, 0.29) is 30.1 Å². The van der Waals surface area contributed by atoms with Crippen LogP contribution >= 0.6 is 0 Å². The fraction of sp³-hybridized carbons (Fsp3) is 0. The van der Waals surface area contributed by atoms with Crippen LogP contribution in [0.2, 0.25) is 0 Å². The number of benzene rings is 8. The Kier molecular flexibility index (Phi) is 7.08. The molecule has 10 aromatic rings. The maximum absolute atomic E-state index is 9.33. The monoisotopic (exact) mass is 706 g/mol. The van der Waals surface area contributed by atoms with Gasteiger partial charge in [0.2, 0.25) is 5.95 Å². The predicted molar refractivity (Wildman–Crippen MR) is 227 cm³/mol. The summed E-state index contributed by atoms with van der Waals surface area (Å²) in [5.41, 5.74) is 10.6. The van der Waals surface area contributed by atoms with Gasteiger partial charge in [0.05, 0.1) is 16.5 Å². The Morgan fingerprint density at radius 2 is 0.836 bits per heavy atom. The Balaban J connectivity index is 1.25. The molecule has 0 aliphatic rings. The Morgan fingerprint density at radius 1 is 0.364 bits per heavy atom. The van der Waals surface area contributed by atoms with Gasteiger partial charge in [-0.05, 0) is 51.1 Å². The SMILES string of the molecule is [2H]c1c([2H])c([2H])c2c(c1[2H])c1cccc(-c3ccc(-c4ccccc4)cc3)c1n2-c1nc(-c2ccc(-c3ccccc3)cc2)nc(-c2cccc(-c3ccccc3)c2)n1. The van der Waals surface area contributed by atoms with Crippen molar-refractivity contribution in [3.63, 3.8) is 0 Å². The molecule has 0 amide bonds. The van der Waals surface area contributed by atoms with E-state index in [4.69, 9.17) is 17.7 Å². The number of para-hydroxylation sites is 2. The van der Waals surface area contributed by atoms with E-state index in [2.05, 4.69) is 84.9 Å². The van der Waals surface area contributed by atoms with E-state index in [1.165, 1.54) is 0 Å². The molecular formula is C51H34N4. The van der Waals surface area contributed by atoms with Crippen molar-refractivity contribution in [1.29, 1.82) is 0 Å². The van der Waals surface area contributed by atoms with Gasteiger partial charge < -0.3 is 0 Å². The lowest BCUT2D eigenvalue weighted by Gasteiger charge is -2.14. The molecule has 0 radical (unpaired) electrons. The number of hydrogen-bond donors (Lipinski definition) is 0. The highest BCUT2D eigenvalue weighted by molar-refractivity contribution is 6.13. The van der Waals surface area contributed by atoms with Crippen LogP contribution in [0.4, 0.5) is 0 Å². The average Bonchev–Trinajstić information content (AvgIpc) is 3.67. The number of nitrogens with zero attached hydrogens (tertiary/aromatic N) is 4. The van der Waals surface area contributed by atoms with Crippen molar-refractivity contribution in [2.75, 3.05) is 0 Å². The molecule has 0 spiro atoms. The molecule has 8 aromatic carbocycles. The minimum absolute atomic E-state index is 0.122. The molecule has 10 rings (SSSR count). The molecule has 2 aromatic heterocycles. The van der Waals surface area contributed by atoms with Crippen molar-refractivity contribution in [2.24, 2.45) is 0 Å². The van der Waals surface area contributed by atoms with Crippen LogP contribution in [-0.2, 0) is 0 Å². The smallest absolute Gasteiger partial charge is 0.238 e. The first-order valence-corrected chi connectivity index (χ1v) is 18.2. The first kappa shape index (κ1) is 28.1. The van der Waals surface area contributed by atoms with E-state index in [1.54, 1.807) is 4.57 Å². The summed E-state index contributed by atoms with van der Waals surface area (Å²) in [5.74, 6) is 1.09. The summed E-state index contributed by atoms with van der Waals surface area (Å²) in [7, 11) is 0. The average molecular weight is 707 g/mol. The van der Waals surface area contributed by atoms with E-state index in [0.29, 0.717) is 33.5 Å². The molecule has 0 unspecified atom stereocenters. The summed E-state index contributed by atoms with van der Waals surface area (Å²) in [4.78, 5) is 15.4. The predicted octanol–water partition coefficient (Wildman–Crippen LogP) is 13.0. The van der Waals surface area contributed by atoms with E-state index in [0.717, 1.165) is 55.6 Å². The zero-order valence-electron chi connectivity index (χ0n) is 33.6. The summed E-state index contributed by atoms with van der Waals surface area (Å²) in [6.45, 7) is 0. The Morgan fingerprint density at radius 3 is 1.47 bits per heavy atom. The summed E-state index contributed by atoms with van der Waals surface area (Å²) >= 11 is 0. The molecule has 0 saturated heterocycles. The highest BCUT2D eigenvalue weighted by atomic mass is 15.2. The minimum Gasteiger partial charge on any atom is -0.277 e. The third-order valence-corrected chi connectivity index (χ3v) is 10.0. The van der Waals surface area contributed by atoms with Crippen molar-refractivity contribution in [2.45, 2.75) is 0 Å². The molecule has 2 heterocycles. The van der Waals surface area contributed by atoms with Crippen molar-refractivity contribution in [3.8, 4) is 73.2 Å². The van der Waals surface area contributed by atoms with Gasteiger partial charge in [-0.1, -0.05) is 194 Å². The summed E-state index contributed by atoms with van der Waals surface area (Å²) < 4.78 is 37.8. The van der Waals surface area contributed by atoms with Crippen LogP contribution in [0, 0.1) is 0 Å². The molecule has 258 valence electrons. The molecular weight excluding hydrogens is 669 g/mol. The number of rotatable bonds is 7. The maximum Gasteiger partial charge on any atom is 0.238 e. The van der Waals surface area contributed by atoms with Crippen molar-refractivity contribution >= 4 is 21.8 Å². The molecule has 0 saturated carbocycles. The normalized spacial score (nSPS) is 12.3. The second-order valence-electron chi connectivity index (χ2n) is 13.4. The highest BCUT2D eigenvalue weighted by Gasteiger charge is 2.20. The second-order valence-corrected chi connectivity index (χ2v) is 13.4. The number of hydrogen-bond acceptors (Lipinski definition) is 3. The molecule has 0 fully saturated rings. The zero-order valence-corrected chi connectivity index (χ0v) is 29.6. The standard InChI is InChI=1S/C51H34N4/c1-4-14-35(15-5-1)38-26-30-40(31-27-38)44-23-13-24-46-45-22-10-11-25-47(45)55(48(44)46)51-53-49(41-32-28-39(29-33-41)36-16-6-2-7-17-36)52-50(54-51)43-21-12-20-42(34-43)37-18-8-3-9-19-37/h1-34H/i10D,11D,22D,25D. The molecule has 0 bridgehead atoms. The molecule has 4 heteroatoms.